The van der Waals surface area contributed by atoms with Crippen molar-refractivity contribution in [2.75, 3.05) is 38.6 Å². The Kier molecular flexibility index (Phi) is 4.54. The molecule has 27 heavy (non-hydrogen) atoms. The van der Waals surface area contributed by atoms with Gasteiger partial charge in [0.05, 0.1) is 17.8 Å². The molecule has 0 aliphatic carbocycles. The molecule has 0 unspecified atom stereocenters. The van der Waals surface area contributed by atoms with Crippen molar-refractivity contribution in [3.8, 4) is 6.07 Å². The number of piperidine rings is 1. The Balaban J connectivity index is 1.83. The average Bonchev–Trinajstić information content (AvgIpc) is 3.15. The first-order valence-electron chi connectivity index (χ1n) is 9.25. The standard InChI is InChI=1S/C19H23N7O/c1-24(2)18-19(27)26(13-5-10-25(11-6-13)9-3-7-20)16-14-4-8-21-17(14)22-12-15(16)23-18/h4,8,12-13H,3,5-6,9-11H2,1-2H3,(H,21,22). The highest BCUT2D eigenvalue weighted by atomic mass is 16.1. The maximum Gasteiger partial charge on any atom is 0.294 e. The first-order chi connectivity index (χ1) is 13.1. The van der Waals surface area contributed by atoms with Crippen molar-refractivity contribution >= 4 is 27.9 Å². The Morgan fingerprint density at radius 3 is 2.85 bits per heavy atom. The third-order valence-electron chi connectivity index (χ3n) is 5.30. The van der Waals surface area contributed by atoms with Gasteiger partial charge in [-0.1, -0.05) is 0 Å². The summed E-state index contributed by atoms with van der Waals surface area (Å²) in [5.74, 6) is 0.436. The minimum atomic E-state index is -0.0586. The predicted octanol–water partition coefficient (Wildman–Crippen LogP) is 1.89. The second kappa shape index (κ2) is 7.00. The lowest BCUT2D eigenvalue weighted by Crippen LogP contribution is -2.39. The topological polar surface area (TPSA) is 93.8 Å². The molecule has 1 saturated heterocycles. The van der Waals surface area contributed by atoms with Crippen molar-refractivity contribution in [3.63, 3.8) is 0 Å². The normalized spacial score (nSPS) is 16.0. The van der Waals surface area contributed by atoms with Crippen LogP contribution in [-0.2, 0) is 0 Å². The SMILES string of the molecule is CN(C)c1nc2cnc3[nH]ccc3c2n(C2CCN(CCC#N)CC2)c1=O. The molecule has 0 amide bonds. The number of likely N-dealkylation sites (tertiary alicyclic amines) is 1. The zero-order valence-electron chi connectivity index (χ0n) is 15.6. The smallest absolute Gasteiger partial charge is 0.294 e. The van der Waals surface area contributed by atoms with Crippen molar-refractivity contribution in [2.24, 2.45) is 0 Å². The highest BCUT2D eigenvalue weighted by Crippen LogP contribution is 2.29. The maximum atomic E-state index is 13.3. The molecule has 0 atom stereocenters. The van der Waals surface area contributed by atoms with Crippen molar-refractivity contribution in [1.29, 1.82) is 5.26 Å². The van der Waals surface area contributed by atoms with Crippen molar-refractivity contribution < 1.29 is 0 Å². The van der Waals surface area contributed by atoms with E-state index in [0.717, 1.165) is 54.5 Å². The summed E-state index contributed by atoms with van der Waals surface area (Å²) in [7, 11) is 3.68. The molecule has 1 fully saturated rings. The van der Waals surface area contributed by atoms with Gasteiger partial charge in [-0.25, -0.2) is 9.97 Å². The van der Waals surface area contributed by atoms with E-state index in [1.807, 2.05) is 30.9 Å². The van der Waals surface area contributed by atoms with E-state index in [-0.39, 0.29) is 11.6 Å². The molecule has 140 valence electrons. The number of aromatic nitrogens is 4. The van der Waals surface area contributed by atoms with E-state index in [2.05, 4.69) is 25.9 Å². The van der Waals surface area contributed by atoms with Gasteiger partial charge in [-0.15, -0.1) is 0 Å². The van der Waals surface area contributed by atoms with E-state index < -0.39 is 0 Å². The Hall–Kier alpha value is -2.92. The van der Waals surface area contributed by atoms with Crippen LogP contribution in [0.1, 0.15) is 25.3 Å². The molecule has 4 rings (SSSR count). The summed E-state index contributed by atoms with van der Waals surface area (Å²) in [6, 6.07) is 4.28. The molecule has 8 nitrogen and oxygen atoms in total. The van der Waals surface area contributed by atoms with E-state index in [1.165, 1.54) is 0 Å². The lowest BCUT2D eigenvalue weighted by Gasteiger charge is -2.33. The van der Waals surface area contributed by atoms with Gasteiger partial charge in [-0.3, -0.25) is 9.36 Å². The van der Waals surface area contributed by atoms with Gasteiger partial charge in [-0.05, 0) is 18.9 Å². The number of nitrogens with one attached hydrogen (secondary N) is 1. The van der Waals surface area contributed by atoms with E-state index in [9.17, 15) is 4.79 Å². The summed E-state index contributed by atoms with van der Waals surface area (Å²) in [6.45, 7) is 2.58. The van der Waals surface area contributed by atoms with E-state index in [1.54, 1.807) is 11.1 Å². The fourth-order valence-corrected chi connectivity index (χ4v) is 3.94. The molecular weight excluding hydrogens is 342 g/mol. The molecule has 1 aliphatic rings. The van der Waals surface area contributed by atoms with Crippen LogP contribution in [0.5, 0.6) is 0 Å². The number of nitrogens with zero attached hydrogens (tertiary/aromatic N) is 6. The summed E-state index contributed by atoms with van der Waals surface area (Å²) < 4.78 is 1.93. The van der Waals surface area contributed by atoms with Crippen molar-refractivity contribution in [2.45, 2.75) is 25.3 Å². The minimum absolute atomic E-state index is 0.0586. The number of nitriles is 1. The Labute approximate surface area is 157 Å². The second-order valence-electron chi connectivity index (χ2n) is 7.22. The van der Waals surface area contributed by atoms with Crippen LogP contribution >= 0.6 is 0 Å². The number of hydrogen-bond acceptors (Lipinski definition) is 6. The second-order valence-corrected chi connectivity index (χ2v) is 7.22. The molecule has 0 saturated carbocycles. The fourth-order valence-electron chi connectivity index (χ4n) is 3.94. The lowest BCUT2D eigenvalue weighted by molar-refractivity contribution is 0.190. The Morgan fingerprint density at radius 2 is 2.15 bits per heavy atom. The molecule has 0 aromatic carbocycles. The monoisotopic (exact) mass is 365 g/mol. The third kappa shape index (κ3) is 3.04. The van der Waals surface area contributed by atoms with E-state index in [0.29, 0.717) is 12.2 Å². The molecule has 0 spiro atoms. The summed E-state index contributed by atoms with van der Waals surface area (Å²) in [5, 5.41) is 9.73. The number of anilines is 1. The molecular formula is C19H23N7O. The predicted molar refractivity (Wildman–Crippen MR) is 105 cm³/mol. The van der Waals surface area contributed by atoms with Crippen LogP contribution < -0.4 is 10.5 Å². The number of hydrogen-bond donors (Lipinski definition) is 1. The summed E-state index contributed by atoms with van der Waals surface area (Å²) in [4.78, 5) is 29.5. The minimum Gasteiger partial charge on any atom is -0.358 e. The summed E-state index contributed by atoms with van der Waals surface area (Å²) in [5.41, 5.74) is 2.29. The van der Waals surface area contributed by atoms with E-state index in [4.69, 9.17) is 5.26 Å². The van der Waals surface area contributed by atoms with Gasteiger partial charge in [-0.2, -0.15) is 5.26 Å². The molecule has 1 N–H and O–H groups in total. The molecule has 3 aromatic rings. The van der Waals surface area contributed by atoms with Crippen LogP contribution in [0.25, 0.3) is 22.1 Å². The number of H-pyrrole nitrogens is 1. The summed E-state index contributed by atoms with van der Waals surface area (Å²) in [6.07, 6.45) is 5.88. The number of fused-ring (bicyclic) bond motifs is 3. The van der Waals surface area contributed by atoms with Crippen molar-refractivity contribution in [3.05, 3.63) is 28.8 Å². The quantitative estimate of drug-likeness (QED) is 0.759. The number of rotatable bonds is 4. The van der Waals surface area contributed by atoms with Gasteiger partial charge < -0.3 is 14.8 Å². The third-order valence-corrected chi connectivity index (χ3v) is 5.30. The molecule has 0 bridgehead atoms. The maximum absolute atomic E-state index is 13.3. The largest absolute Gasteiger partial charge is 0.358 e. The van der Waals surface area contributed by atoms with Crippen LogP contribution in [0, 0.1) is 11.3 Å². The highest BCUT2D eigenvalue weighted by molar-refractivity contribution is 6.01. The van der Waals surface area contributed by atoms with Gasteiger partial charge in [0.25, 0.3) is 5.56 Å². The van der Waals surface area contributed by atoms with Crippen LogP contribution in [-0.4, -0.2) is 58.1 Å². The molecule has 8 heteroatoms. The van der Waals surface area contributed by atoms with Crippen LogP contribution in [0.4, 0.5) is 5.82 Å². The van der Waals surface area contributed by atoms with Crippen LogP contribution in [0.3, 0.4) is 0 Å². The fraction of sp³-hybridized carbons (Fsp3) is 0.474. The number of aromatic amines is 1. The van der Waals surface area contributed by atoms with Gasteiger partial charge in [0.2, 0.25) is 0 Å². The van der Waals surface area contributed by atoms with Crippen molar-refractivity contribution in [1.82, 2.24) is 24.4 Å². The number of pyridine rings is 1. The summed E-state index contributed by atoms with van der Waals surface area (Å²) >= 11 is 0. The Morgan fingerprint density at radius 1 is 1.37 bits per heavy atom. The molecule has 4 heterocycles. The van der Waals surface area contributed by atoms with Gasteiger partial charge >= 0.3 is 0 Å². The molecule has 1 aliphatic heterocycles. The lowest BCUT2D eigenvalue weighted by atomic mass is 10.0. The van der Waals surface area contributed by atoms with Crippen LogP contribution in [0.2, 0.25) is 0 Å². The molecule has 3 aromatic heterocycles. The zero-order chi connectivity index (χ0) is 19.0. The first kappa shape index (κ1) is 17.5. The van der Waals surface area contributed by atoms with Gasteiger partial charge in [0, 0.05) is 57.8 Å². The highest BCUT2D eigenvalue weighted by Gasteiger charge is 2.25. The zero-order valence-corrected chi connectivity index (χ0v) is 15.6. The Bertz CT molecular complexity index is 1070. The average molecular weight is 365 g/mol. The first-order valence-corrected chi connectivity index (χ1v) is 9.25. The van der Waals surface area contributed by atoms with Gasteiger partial charge in [0.1, 0.15) is 11.2 Å². The van der Waals surface area contributed by atoms with E-state index >= 15 is 0 Å². The molecule has 0 radical (unpaired) electrons. The van der Waals surface area contributed by atoms with Crippen LogP contribution in [0.15, 0.2) is 23.3 Å². The van der Waals surface area contributed by atoms with Gasteiger partial charge in [0.15, 0.2) is 5.82 Å².